The van der Waals surface area contributed by atoms with E-state index in [-0.39, 0.29) is 17.1 Å². The van der Waals surface area contributed by atoms with Gasteiger partial charge in [-0.15, -0.1) is 0 Å². The lowest BCUT2D eigenvalue weighted by molar-refractivity contribution is 0.0796. The molecule has 3 heterocycles. The standard InChI is InChI=1S/C26H30N4O2/c1-19-8-10-22(11-9-19)26(12-2-3-13-26)25-28-23(32-29-25)18-30-15-5-7-21(17-30)24(31)20-6-4-14-27-16-20/h4,6,8-11,14,16,21H,2-3,5,7,12-13,15,17-18H2,1H3. The lowest BCUT2D eigenvalue weighted by Crippen LogP contribution is -2.38. The Morgan fingerprint density at radius 3 is 2.72 bits per heavy atom. The molecule has 1 saturated heterocycles. The predicted octanol–water partition coefficient (Wildman–Crippen LogP) is 4.73. The highest BCUT2D eigenvalue weighted by Crippen LogP contribution is 2.45. The quantitative estimate of drug-likeness (QED) is 0.527. The van der Waals surface area contributed by atoms with Crippen molar-refractivity contribution >= 4 is 5.78 Å². The summed E-state index contributed by atoms with van der Waals surface area (Å²) in [4.78, 5) is 24.1. The molecular weight excluding hydrogens is 400 g/mol. The SMILES string of the molecule is Cc1ccc(C2(c3noc(CN4CCCC(C(=O)c5cccnc5)C4)n3)CCCC2)cc1. The Labute approximate surface area is 189 Å². The van der Waals surface area contributed by atoms with Crippen LogP contribution in [0.1, 0.15) is 71.7 Å². The third kappa shape index (κ3) is 4.11. The lowest BCUT2D eigenvalue weighted by atomic mass is 9.78. The summed E-state index contributed by atoms with van der Waals surface area (Å²) in [5.74, 6) is 1.63. The van der Waals surface area contributed by atoms with Crippen LogP contribution in [0.25, 0.3) is 0 Å². The maximum atomic E-state index is 12.9. The first kappa shape index (κ1) is 21.0. The van der Waals surface area contributed by atoms with Crippen LogP contribution in [0.5, 0.6) is 0 Å². The molecule has 0 radical (unpaired) electrons. The average Bonchev–Trinajstić information content (AvgIpc) is 3.51. The van der Waals surface area contributed by atoms with Crippen molar-refractivity contribution in [3.8, 4) is 0 Å². The maximum Gasteiger partial charge on any atom is 0.240 e. The Morgan fingerprint density at radius 1 is 1.16 bits per heavy atom. The van der Waals surface area contributed by atoms with E-state index in [4.69, 9.17) is 9.51 Å². The molecule has 2 fully saturated rings. The third-order valence-electron chi connectivity index (χ3n) is 7.14. The number of aromatic nitrogens is 3. The largest absolute Gasteiger partial charge is 0.338 e. The Morgan fingerprint density at radius 2 is 1.97 bits per heavy atom. The van der Waals surface area contributed by atoms with Gasteiger partial charge in [0.25, 0.3) is 0 Å². The fourth-order valence-electron chi connectivity index (χ4n) is 5.35. The fraction of sp³-hybridized carbons (Fsp3) is 0.462. The number of carbonyl (C=O) groups excluding carboxylic acids is 1. The molecular formula is C26H30N4O2. The van der Waals surface area contributed by atoms with Crippen molar-refractivity contribution in [3.63, 3.8) is 0 Å². The molecule has 6 nitrogen and oxygen atoms in total. The molecule has 0 N–H and O–H groups in total. The van der Waals surface area contributed by atoms with Gasteiger partial charge < -0.3 is 4.52 Å². The molecule has 5 rings (SSSR count). The van der Waals surface area contributed by atoms with Crippen LogP contribution in [-0.2, 0) is 12.0 Å². The van der Waals surface area contributed by atoms with Crippen LogP contribution in [0, 0.1) is 12.8 Å². The van der Waals surface area contributed by atoms with E-state index in [2.05, 4.69) is 46.2 Å². The first-order valence-electron chi connectivity index (χ1n) is 11.7. The molecule has 1 aromatic carbocycles. The van der Waals surface area contributed by atoms with Crippen LogP contribution in [0.15, 0.2) is 53.3 Å². The average molecular weight is 431 g/mol. The summed E-state index contributed by atoms with van der Waals surface area (Å²) in [6, 6.07) is 12.4. The van der Waals surface area contributed by atoms with Crippen molar-refractivity contribution in [2.75, 3.05) is 13.1 Å². The third-order valence-corrected chi connectivity index (χ3v) is 7.14. The molecule has 6 heteroatoms. The summed E-state index contributed by atoms with van der Waals surface area (Å²) < 4.78 is 5.73. The molecule has 1 aliphatic carbocycles. The van der Waals surface area contributed by atoms with Gasteiger partial charge >= 0.3 is 0 Å². The van der Waals surface area contributed by atoms with E-state index in [1.54, 1.807) is 12.4 Å². The topological polar surface area (TPSA) is 72.1 Å². The zero-order valence-electron chi connectivity index (χ0n) is 18.7. The highest BCUT2D eigenvalue weighted by atomic mass is 16.5. The van der Waals surface area contributed by atoms with E-state index in [0.29, 0.717) is 24.5 Å². The van der Waals surface area contributed by atoms with Crippen LogP contribution in [0.4, 0.5) is 0 Å². The number of hydrogen-bond donors (Lipinski definition) is 0. The molecule has 1 atom stereocenters. The van der Waals surface area contributed by atoms with E-state index in [9.17, 15) is 4.79 Å². The second-order valence-electron chi connectivity index (χ2n) is 9.35. The Balaban J connectivity index is 1.30. The van der Waals surface area contributed by atoms with Crippen LogP contribution >= 0.6 is 0 Å². The van der Waals surface area contributed by atoms with E-state index >= 15 is 0 Å². The fourth-order valence-corrected chi connectivity index (χ4v) is 5.35. The van der Waals surface area contributed by atoms with Crippen molar-refractivity contribution in [2.24, 2.45) is 5.92 Å². The van der Waals surface area contributed by atoms with Gasteiger partial charge in [0.2, 0.25) is 5.89 Å². The van der Waals surface area contributed by atoms with Gasteiger partial charge in [0.1, 0.15) is 0 Å². The minimum absolute atomic E-state index is 0.0101. The van der Waals surface area contributed by atoms with Crippen molar-refractivity contribution < 1.29 is 9.32 Å². The maximum absolute atomic E-state index is 12.9. The molecule has 2 aliphatic rings. The number of hydrogen-bond acceptors (Lipinski definition) is 6. The molecule has 0 amide bonds. The Bertz CT molecular complexity index is 1050. The van der Waals surface area contributed by atoms with Gasteiger partial charge in [-0.1, -0.05) is 47.8 Å². The van der Waals surface area contributed by atoms with Gasteiger partial charge in [0.15, 0.2) is 11.6 Å². The first-order valence-corrected chi connectivity index (χ1v) is 11.7. The van der Waals surface area contributed by atoms with E-state index in [1.165, 1.54) is 24.0 Å². The Kier molecular flexibility index (Phi) is 5.87. The van der Waals surface area contributed by atoms with Gasteiger partial charge in [0, 0.05) is 30.4 Å². The second-order valence-corrected chi connectivity index (χ2v) is 9.35. The molecule has 0 spiro atoms. The smallest absolute Gasteiger partial charge is 0.240 e. The highest BCUT2D eigenvalue weighted by molar-refractivity contribution is 5.97. The molecule has 1 aliphatic heterocycles. The highest BCUT2D eigenvalue weighted by Gasteiger charge is 2.41. The zero-order valence-corrected chi connectivity index (χ0v) is 18.7. The first-order chi connectivity index (χ1) is 15.6. The van der Waals surface area contributed by atoms with E-state index < -0.39 is 0 Å². The number of rotatable bonds is 6. The van der Waals surface area contributed by atoms with Gasteiger partial charge in [-0.3, -0.25) is 14.7 Å². The molecule has 166 valence electrons. The molecule has 3 aromatic rings. The number of pyridine rings is 1. The number of aryl methyl sites for hydroxylation is 1. The number of benzene rings is 1. The second kappa shape index (κ2) is 8.94. The molecule has 0 bridgehead atoms. The number of nitrogens with zero attached hydrogens (tertiary/aromatic N) is 4. The minimum atomic E-state index is -0.143. The van der Waals surface area contributed by atoms with Crippen LogP contribution in [0.3, 0.4) is 0 Å². The monoisotopic (exact) mass is 430 g/mol. The van der Waals surface area contributed by atoms with Crippen molar-refractivity contribution in [1.82, 2.24) is 20.0 Å². The number of carbonyl (C=O) groups is 1. The number of piperidine rings is 1. The predicted molar refractivity (Wildman–Crippen MR) is 121 cm³/mol. The van der Waals surface area contributed by atoms with Crippen molar-refractivity contribution in [2.45, 2.75) is 57.4 Å². The normalized spacial score (nSPS) is 21.0. The number of Topliss-reactive ketones (excluding diaryl/α,β-unsaturated/α-hetero) is 1. The van der Waals surface area contributed by atoms with Gasteiger partial charge in [-0.2, -0.15) is 4.98 Å². The summed E-state index contributed by atoms with van der Waals surface area (Å²) in [6.45, 7) is 4.36. The van der Waals surface area contributed by atoms with E-state index in [0.717, 1.165) is 38.1 Å². The van der Waals surface area contributed by atoms with Gasteiger partial charge in [-0.05, 0) is 56.8 Å². The van der Waals surface area contributed by atoms with Crippen molar-refractivity contribution in [3.05, 3.63) is 77.2 Å². The van der Waals surface area contributed by atoms with Crippen LogP contribution in [0.2, 0.25) is 0 Å². The van der Waals surface area contributed by atoms with Gasteiger partial charge in [-0.25, -0.2) is 0 Å². The van der Waals surface area contributed by atoms with E-state index in [1.807, 2.05) is 12.1 Å². The number of likely N-dealkylation sites (tertiary alicyclic amines) is 1. The Hall–Kier alpha value is -2.86. The van der Waals surface area contributed by atoms with Gasteiger partial charge in [0.05, 0.1) is 12.0 Å². The summed E-state index contributed by atoms with van der Waals surface area (Å²) >= 11 is 0. The minimum Gasteiger partial charge on any atom is -0.338 e. The molecule has 32 heavy (non-hydrogen) atoms. The molecule has 2 aromatic heterocycles. The summed E-state index contributed by atoms with van der Waals surface area (Å²) in [7, 11) is 0. The summed E-state index contributed by atoms with van der Waals surface area (Å²) in [6.07, 6.45) is 9.74. The van der Waals surface area contributed by atoms with Crippen LogP contribution < -0.4 is 0 Å². The lowest BCUT2D eigenvalue weighted by Gasteiger charge is -2.30. The molecule has 1 saturated carbocycles. The van der Waals surface area contributed by atoms with Crippen molar-refractivity contribution in [1.29, 1.82) is 0 Å². The zero-order chi connectivity index (χ0) is 22.0. The summed E-state index contributed by atoms with van der Waals surface area (Å²) in [5, 5.41) is 4.45. The summed E-state index contributed by atoms with van der Waals surface area (Å²) in [5.41, 5.74) is 3.10. The van der Waals surface area contributed by atoms with Crippen LogP contribution in [-0.4, -0.2) is 38.9 Å². The number of ketones is 1. The molecule has 1 unspecified atom stereocenters.